The van der Waals surface area contributed by atoms with E-state index >= 15 is 0 Å². The average molecular weight is 278 g/mol. The number of hydrogen-bond donors (Lipinski definition) is 1. The summed E-state index contributed by atoms with van der Waals surface area (Å²) in [4.78, 5) is 0. The van der Waals surface area contributed by atoms with Crippen LogP contribution >= 0.6 is 0 Å². The van der Waals surface area contributed by atoms with E-state index in [0.29, 0.717) is 13.1 Å². The predicted octanol–water partition coefficient (Wildman–Crippen LogP) is 2.76. The van der Waals surface area contributed by atoms with E-state index in [0.717, 1.165) is 17.0 Å². The summed E-state index contributed by atoms with van der Waals surface area (Å²) in [5, 5.41) is 8.49. The minimum atomic E-state index is 0.387. The molecule has 0 saturated carbocycles. The minimum absolute atomic E-state index is 0.387. The summed E-state index contributed by atoms with van der Waals surface area (Å²) in [6.45, 7) is 3.15. The van der Waals surface area contributed by atoms with E-state index in [9.17, 15) is 0 Å². The summed E-state index contributed by atoms with van der Waals surface area (Å²) in [5.74, 6) is 0. The highest BCUT2D eigenvalue weighted by Gasteiger charge is 2.13. The molecule has 0 aliphatic carbocycles. The van der Waals surface area contributed by atoms with Crippen LogP contribution < -0.4 is 5.73 Å². The van der Waals surface area contributed by atoms with Gasteiger partial charge < -0.3 is 5.73 Å². The molecule has 0 saturated heterocycles. The zero-order valence-electron chi connectivity index (χ0n) is 12.0. The highest BCUT2D eigenvalue weighted by Crippen LogP contribution is 2.23. The summed E-state index contributed by atoms with van der Waals surface area (Å²) < 4.78 is 1.92. The molecule has 4 nitrogen and oxygen atoms in total. The van der Waals surface area contributed by atoms with Crippen LogP contribution in [0.15, 0.2) is 54.6 Å². The van der Waals surface area contributed by atoms with Crippen LogP contribution in [-0.2, 0) is 13.1 Å². The second-order valence-electron chi connectivity index (χ2n) is 5.10. The fourth-order valence-corrected chi connectivity index (χ4v) is 2.38. The van der Waals surface area contributed by atoms with Gasteiger partial charge in [0.05, 0.1) is 12.2 Å². The Balaban J connectivity index is 2.02. The first-order valence-corrected chi connectivity index (χ1v) is 7.01. The van der Waals surface area contributed by atoms with Crippen molar-refractivity contribution in [1.29, 1.82) is 0 Å². The standard InChI is InChI=1S/C17H18N4/c1-13-7-9-15(10-8-13)17-16(11-18)19-20-21(17)12-14-5-3-2-4-6-14/h2-10H,11-12,18H2,1H3. The van der Waals surface area contributed by atoms with Gasteiger partial charge in [0.15, 0.2) is 0 Å². The number of nitrogens with zero attached hydrogens (tertiary/aromatic N) is 3. The van der Waals surface area contributed by atoms with Crippen molar-refractivity contribution in [3.63, 3.8) is 0 Å². The van der Waals surface area contributed by atoms with Crippen LogP contribution in [0.25, 0.3) is 11.3 Å². The van der Waals surface area contributed by atoms with Gasteiger partial charge >= 0.3 is 0 Å². The highest BCUT2D eigenvalue weighted by atomic mass is 15.4. The first kappa shape index (κ1) is 13.5. The van der Waals surface area contributed by atoms with Crippen molar-refractivity contribution in [2.75, 3.05) is 0 Å². The zero-order chi connectivity index (χ0) is 14.7. The highest BCUT2D eigenvalue weighted by molar-refractivity contribution is 5.62. The second kappa shape index (κ2) is 5.89. The van der Waals surface area contributed by atoms with Crippen molar-refractivity contribution in [2.24, 2.45) is 5.73 Å². The maximum absolute atomic E-state index is 5.81. The quantitative estimate of drug-likeness (QED) is 0.798. The lowest BCUT2D eigenvalue weighted by molar-refractivity contribution is 0.655. The Morgan fingerprint density at radius 1 is 1.00 bits per heavy atom. The lowest BCUT2D eigenvalue weighted by Crippen LogP contribution is -2.05. The van der Waals surface area contributed by atoms with E-state index in [-0.39, 0.29) is 0 Å². The lowest BCUT2D eigenvalue weighted by atomic mass is 10.1. The molecule has 3 aromatic rings. The fraction of sp³-hybridized carbons (Fsp3) is 0.176. The summed E-state index contributed by atoms with van der Waals surface area (Å²) in [6, 6.07) is 18.6. The number of hydrogen-bond acceptors (Lipinski definition) is 3. The molecule has 0 aliphatic rings. The van der Waals surface area contributed by atoms with E-state index in [1.165, 1.54) is 11.1 Å². The second-order valence-corrected chi connectivity index (χ2v) is 5.10. The van der Waals surface area contributed by atoms with Gasteiger partial charge in [0.25, 0.3) is 0 Å². The first-order chi connectivity index (χ1) is 10.3. The Bertz CT molecular complexity index is 714. The smallest absolute Gasteiger partial charge is 0.104 e. The summed E-state index contributed by atoms with van der Waals surface area (Å²) in [7, 11) is 0. The van der Waals surface area contributed by atoms with Gasteiger partial charge in [-0.2, -0.15) is 0 Å². The molecule has 0 atom stereocenters. The molecule has 0 bridgehead atoms. The Kier molecular flexibility index (Phi) is 3.79. The minimum Gasteiger partial charge on any atom is -0.325 e. The number of rotatable bonds is 4. The van der Waals surface area contributed by atoms with Crippen LogP contribution in [0.4, 0.5) is 0 Å². The molecule has 0 radical (unpaired) electrons. The van der Waals surface area contributed by atoms with E-state index in [2.05, 4.69) is 53.6 Å². The maximum atomic E-state index is 5.81. The summed E-state index contributed by atoms with van der Waals surface area (Å²) >= 11 is 0. The molecule has 2 aromatic carbocycles. The molecule has 3 rings (SSSR count). The van der Waals surface area contributed by atoms with Gasteiger partial charge in [-0.1, -0.05) is 65.4 Å². The van der Waals surface area contributed by atoms with E-state index in [1.807, 2.05) is 22.9 Å². The number of aromatic nitrogens is 3. The molecule has 0 unspecified atom stereocenters. The van der Waals surface area contributed by atoms with E-state index < -0.39 is 0 Å². The Morgan fingerprint density at radius 2 is 1.71 bits per heavy atom. The Morgan fingerprint density at radius 3 is 2.38 bits per heavy atom. The first-order valence-electron chi connectivity index (χ1n) is 7.01. The molecule has 4 heteroatoms. The number of nitrogens with two attached hydrogens (primary N) is 1. The van der Waals surface area contributed by atoms with Crippen molar-refractivity contribution < 1.29 is 0 Å². The Labute approximate surface area is 124 Å². The molecule has 0 fully saturated rings. The van der Waals surface area contributed by atoms with Crippen molar-refractivity contribution in [1.82, 2.24) is 15.0 Å². The topological polar surface area (TPSA) is 56.7 Å². The maximum Gasteiger partial charge on any atom is 0.104 e. The van der Waals surface area contributed by atoms with Crippen LogP contribution in [0.3, 0.4) is 0 Å². The van der Waals surface area contributed by atoms with Crippen molar-refractivity contribution in [3.05, 3.63) is 71.4 Å². The van der Waals surface area contributed by atoms with Gasteiger partial charge in [0.2, 0.25) is 0 Å². The van der Waals surface area contributed by atoms with E-state index in [4.69, 9.17) is 5.73 Å². The summed E-state index contributed by atoms with van der Waals surface area (Å²) in [5.41, 5.74) is 11.2. The third kappa shape index (κ3) is 2.85. The fourth-order valence-electron chi connectivity index (χ4n) is 2.38. The molecule has 106 valence electrons. The van der Waals surface area contributed by atoms with Gasteiger partial charge in [-0.25, -0.2) is 4.68 Å². The van der Waals surface area contributed by atoms with Crippen LogP contribution in [-0.4, -0.2) is 15.0 Å². The molecule has 2 N–H and O–H groups in total. The van der Waals surface area contributed by atoms with Crippen molar-refractivity contribution in [2.45, 2.75) is 20.0 Å². The molecule has 1 aromatic heterocycles. The van der Waals surface area contributed by atoms with Crippen molar-refractivity contribution >= 4 is 0 Å². The molecule has 21 heavy (non-hydrogen) atoms. The van der Waals surface area contributed by atoms with Crippen LogP contribution in [0.1, 0.15) is 16.8 Å². The van der Waals surface area contributed by atoms with Gasteiger partial charge in [0, 0.05) is 12.1 Å². The van der Waals surface area contributed by atoms with Crippen molar-refractivity contribution in [3.8, 4) is 11.3 Å². The zero-order valence-corrected chi connectivity index (χ0v) is 12.0. The number of aryl methyl sites for hydroxylation is 1. The molecule has 0 spiro atoms. The van der Waals surface area contributed by atoms with Crippen LogP contribution in [0.5, 0.6) is 0 Å². The van der Waals surface area contributed by atoms with Gasteiger partial charge in [-0.15, -0.1) is 5.10 Å². The normalized spacial score (nSPS) is 10.8. The molecular weight excluding hydrogens is 260 g/mol. The summed E-state index contributed by atoms with van der Waals surface area (Å²) in [6.07, 6.45) is 0. The average Bonchev–Trinajstić information content (AvgIpc) is 2.92. The van der Waals surface area contributed by atoms with Crippen LogP contribution in [0, 0.1) is 6.92 Å². The third-order valence-corrected chi connectivity index (χ3v) is 3.50. The van der Waals surface area contributed by atoms with Gasteiger partial charge in [0.1, 0.15) is 5.69 Å². The monoisotopic (exact) mass is 278 g/mol. The van der Waals surface area contributed by atoms with Gasteiger partial charge in [-0.3, -0.25) is 0 Å². The third-order valence-electron chi connectivity index (χ3n) is 3.50. The van der Waals surface area contributed by atoms with Gasteiger partial charge in [-0.05, 0) is 12.5 Å². The predicted molar refractivity (Wildman–Crippen MR) is 83.6 cm³/mol. The largest absolute Gasteiger partial charge is 0.325 e. The molecular formula is C17H18N4. The van der Waals surface area contributed by atoms with Crippen LogP contribution in [0.2, 0.25) is 0 Å². The van der Waals surface area contributed by atoms with E-state index in [1.54, 1.807) is 0 Å². The Hall–Kier alpha value is -2.46. The molecule has 0 amide bonds. The molecule has 1 heterocycles. The number of benzene rings is 2. The lowest BCUT2D eigenvalue weighted by Gasteiger charge is -2.08. The molecule has 0 aliphatic heterocycles. The SMILES string of the molecule is Cc1ccc(-c2c(CN)nnn2Cc2ccccc2)cc1.